The van der Waals surface area contributed by atoms with Crippen molar-refractivity contribution in [2.45, 2.75) is 26.4 Å². The van der Waals surface area contributed by atoms with Gasteiger partial charge >= 0.3 is 6.09 Å². The molecule has 0 bridgehead atoms. The van der Waals surface area contributed by atoms with Gasteiger partial charge < -0.3 is 20.1 Å². The SMILES string of the molecule is C=Cc1cc([N+](=O)[O-])ccc1C(=O)NCCOCCNC(=O)OC(C)(C)C. The Kier molecular flexibility index (Phi) is 8.40. The number of hydrogen-bond acceptors (Lipinski definition) is 6. The molecule has 2 amide bonds. The van der Waals surface area contributed by atoms with Gasteiger partial charge in [0, 0.05) is 30.8 Å². The molecule has 0 atom stereocenters. The number of alkyl carbamates (subject to hydrolysis) is 1. The van der Waals surface area contributed by atoms with E-state index in [1.165, 1.54) is 24.3 Å². The molecule has 0 fully saturated rings. The van der Waals surface area contributed by atoms with Crippen LogP contribution in [-0.2, 0) is 9.47 Å². The van der Waals surface area contributed by atoms with E-state index in [9.17, 15) is 19.7 Å². The standard InChI is InChI=1S/C18H25N3O6/c1-5-13-12-14(21(24)25)6-7-15(13)16(22)19-8-10-26-11-9-20-17(23)27-18(2,3)4/h5-7,12H,1,8-11H2,2-4H3,(H,19,22)(H,20,23). The third-order valence-corrected chi connectivity index (χ3v) is 3.16. The van der Waals surface area contributed by atoms with E-state index in [-0.39, 0.29) is 37.9 Å². The molecule has 2 N–H and O–H groups in total. The lowest BCUT2D eigenvalue weighted by molar-refractivity contribution is -0.384. The van der Waals surface area contributed by atoms with E-state index >= 15 is 0 Å². The highest BCUT2D eigenvalue weighted by Crippen LogP contribution is 2.18. The van der Waals surface area contributed by atoms with Crippen LogP contribution in [0.2, 0.25) is 0 Å². The molecule has 0 radical (unpaired) electrons. The average Bonchev–Trinajstić information content (AvgIpc) is 2.58. The van der Waals surface area contributed by atoms with E-state index in [1.807, 2.05) is 0 Å². The number of nitro benzene ring substituents is 1. The number of nitrogens with one attached hydrogen (secondary N) is 2. The molecule has 148 valence electrons. The summed E-state index contributed by atoms with van der Waals surface area (Å²) in [5.41, 5.74) is 0.00540. The number of hydrogen-bond donors (Lipinski definition) is 2. The summed E-state index contributed by atoms with van der Waals surface area (Å²) < 4.78 is 10.4. The summed E-state index contributed by atoms with van der Waals surface area (Å²) in [6, 6.07) is 3.94. The molecule has 0 saturated carbocycles. The van der Waals surface area contributed by atoms with E-state index in [0.29, 0.717) is 11.1 Å². The number of non-ortho nitro benzene ring substituents is 1. The summed E-state index contributed by atoms with van der Waals surface area (Å²) >= 11 is 0. The summed E-state index contributed by atoms with van der Waals surface area (Å²) in [5.74, 6) is -0.379. The summed E-state index contributed by atoms with van der Waals surface area (Å²) in [7, 11) is 0. The summed E-state index contributed by atoms with van der Waals surface area (Å²) in [5, 5.41) is 16.0. The van der Waals surface area contributed by atoms with Crippen molar-refractivity contribution in [2.75, 3.05) is 26.3 Å². The van der Waals surface area contributed by atoms with Gasteiger partial charge in [-0.25, -0.2) is 4.79 Å². The summed E-state index contributed by atoms with van der Waals surface area (Å²) in [4.78, 5) is 33.8. The summed E-state index contributed by atoms with van der Waals surface area (Å²) in [6.45, 7) is 9.93. The molecule has 0 spiro atoms. The number of carbonyl (C=O) groups is 2. The first-order chi connectivity index (χ1) is 12.6. The van der Waals surface area contributed by atoms with Crippen molar-refractivity contribution in [3.8, 4) is 0 Å². The highest BCUT2D eigenvalue weighted by Gasteiger charge is 2.16. The zero-order chi connectivity index (χ0) is 20.4. The van der Waals surface area contributed by atoms with Gasteiger partial charge in [-0.2, -0.15) is 0 Å². The Morgan fingerprint density at radius 3 is 2.41 bits per heavy atom. The van der Waals surface area contributed by atoms with Crippen LogP contribution in [0.4, 0.5) is 10.5 Å². The second-order valence-electron chi connectivity index (χ2n) is 6.53. The number of ether oxygens (including phenoxy) is 2. The molecule has 0 aliphatic carbocycles. The first-order valence-electron chi connectivity index (χ1n) is 8.37. The van der Waals surface area contributed by atoms with Crippen molar-refractivity contribution in [3.05, 3.63) is 46.0 Å². The first-order valence-corrected chi connectivity index (χ1v) is 8.37. The zero-order valence-electron chi connectivity index (χ0n) is 15.7. The van der Waals surface area contributed by atoms with E-state index < -0.39 is 16.6 Å². The lowest BCUT2D eigenvalue weighted by atomic mass is 10.1. The van der Waals surface area contributed by atoms with Crippen LogP contribution >= 0.6 is 0 Å². The molecule has 9 nitrogen and oxygen atoms in total. The van der Waals surface area contributed by atoms with Crippen molar-refractivity contribution in [1.29, 1.82) is 0 Å². The molecule has 9 heteroatoms. The van der Waals surface area contributed by atoms with Gasteiger partial charge in [-0.1, -0.05) is 12.7 Å². The third kappa shape index (κ3) is 8.32. The monoisotopic (exact) mass is 379 g/mol. The molecule has 27 heavy (non-hydrogen) atoms. The first kappa shape index (κ1) is 22.1. The fraction of sp³-hybridized carbons (Fsp3) is 0.444. The van der Waals surface area contributed by atoms with Crippen LogP contribution in [0.3, 0.4) is 0 Å². The highest BCUT2D eigenvalue weighted by molar-refractivity contribution is 5.98. The molecular formula is C18H25N3O6. The minimum absolute atomic E-state index is 0.109. The molecule has 1 aromatic rings. The van der Waals surface area contributed by atoms with Crippen LogP contribution < -0.4 is 10.6 Å². The van der Waals surface area contributed by atoms with Crippen molar-refractivity contribution in [2.24, 2.45) is 0 Å². The van der Waals surface area contributed by atoms with E-state index in [1.54, 1.807) is 20.8 Å². The van der Waals surface area contributed by atoms with Gasteiger partial charge in [-0.3, -0.25) is 14.9 Å². The minimum atomic E-state index is -0.558. The van der Waals surface area contributed by atoms with Crippen molar-refractivity contribution in [3.63, 3.8) is 0 Å². The van der Waals surface area contributed by atoms with Gasteiger partial charge in [-0.15, -0.1) is 0 Å². The Bertz CT molecular complexity index is 697. The number of benzene rings is 1. The number of nitrogens with zero attached hydrogens (tertiary/aromatic N) is 1. The van der Waals surface area contributed by atoms with Crippen LogP contribution in [0, 0.1) is 10.1 Å². The predicted molar refractivity (Wildman–Crippen MR) is 101 cm³/mol. The van der Waals surface area contributed by atoms with Crippen LogP contribution in [0.25, 0.3) is 6.08 Å². The van der Waals surface area contributed by atoms with Gasteiger partial charge in [0.2, 0.25) is 0 Å². The van der Waals surface area contributed by atoms with Gasteiger partial charge in [-0.05, 0) is 32.4 Å². The molecular weight excluding hydrogens is 354 g/mol. The van der Waals surface area contributed by atoms with Crippen LogP contribution in [0.15, 0.2) is 24.8 Å². The molecule has 0 aliphatic rings. The number of carbonyl (C=O) groups excluding carboxylic acids is 2. The average molecular weight is 379 g/mol. The molecule has 0 unspecified atom stereocenters. The molecule has 1 rings (SSSR count). The quantitative estimate of drug-likeness (QED) is 0.386. The van der Waals surface area contributed by atoms with Crippen molar-refractivity contribution >= 4 is 23.8 Å². The largest absolute Gasteiger partial charge is 0.444 e. The highest BCUT2D eigenvalue weighted by atomic mass is 16.6. The Morgan fingerprint density at radius 2 is 1.85 bits per heavy atom. The van der Waals surface area contributed by atoms with Crippen LogP contribution in [-0.4, -0.2) is 48.8 Å². The van der Waals surface area contributed by atoms with E-state index in [4.69, 9.17) is 9.47 Å². The molecule has 0 saturated heterocycles. The van der Waals surface area contributed by atoms with Gasteiger partial charge in [0.1, 0.15) is 5.60 Å². The topological polar surface area (TPSA) is 120 Å². The third-order valence-electron chi connectivity index (χ3n) is 3.16. The van der Waals surface area contributed by atoms with Crippen LogP contribution in [0.5, 0.6) is 0 Å². The lowest BCUT2D eigenvalue weighted by Gasteiger charge is -2.19. The Balaban J connectivity index is 2.31. The Morgan fingerprint density at radius 1 is 1.22 bits per heavy atom. The van der Waals surface area contributed by atoms with Crippen LogP contribution in [0.1, 0.15) is 36.7 Å². The maximum Gasteiger partial charge on any atom is 0.407 e. The second kappa shape index (κ2) is 10.3. The number of rotatable bonds is 9. The second-order valence-corrected chi connectivity index (χ2v) is 6.53. The molecule has 0 aliphatic heterocycles. The molecule has 0 aromatic heterocycles. The fourth-order valence-electron chi connectivity index (χ4n) is 2.01. The smallest absolute Gasteiger partial charge is 0.407 e. The Labute approximate surface area is 157 Å². The fourth-order valence-corrected chi connectivity index (χ4v) is 2.01. The predicted octanol–water partition coefficient (Wildman–Crippen LogP) is 2.51. The minimum Gasteiger partial charge on any atom is -0.444 e. The zero-order valence-corrected chi connectivity index (χ0v) is 15.7. The van der Waals surface area contributed by atoms with Gasteiger partial charge in [0.25, 0.3) is 11.6 Å². The van der Waals surface area contributed by atoms with Gasteiger partial charge in [0.05, 0.1) is 18.1 Å². The lowest BCUT2D eigenvalue weighted by Crippen LogP contribution is -2.34. The van der Waals surface area contributed by atoms with E-state index in [0.717, 1.165) is 0 Å². The Hall–Kier alpha value is -2.94. The molecule has 1 aromatic carbocycles. The van der Waals surface area contributed by atoms with Crippen molar-refractivity contribution < 1.29 is 24.0 Å². The maximum absolute atomic E-state index is 12.2. The van der Waals surface area contributed by atoms with Gasteiger partial charge in [0.15, 0.2) is 0 Å². The molecule has 0 heterocycles. The van der Waals surface area contributed by atoms with Crippen molar-refractivity contribution in [1.82, 2.24) is 10.6 Å². The maximum atomic E-state index is 12.2. The number of nitro groups is 1. The number of amides is 2. The van der Waals surface area contributed by atoms with E-state index in [2.05, 4.69) is 17.2 Å². The normalized spacial score (nSPS) is 10.8. The summed E-state index contributed by atoms with van der Waals surface area (Å²) in [6.07, 6.45) is 0.871.